The molecule has 0 aliphatic rings. The lowest BCUT2D eigenvalue weighted by Gasteiger charge is -2.09. The van der Waals surface area contributed by atoms with Crippen LogP contribution in [0, 0.1) is 0 Å². The maximum absolute atomic E-state index is 3.45. The summed E-state index contributed by atoms with van der Waals surface area (Å²) in [4.78, 5) is 0. The molecule has 0 heterocycles. The molecule has 0 saturated heterocycles. The Balaban J connectivity index is 2.66. The quantitative estimate of drug-likeness (QED) is 0.726. The third-order valence-electron chi connectivity index (χ3n) is 2.10. The molecule has 0 aliphatic heterocycles. The first-order valence-corrected chi connectivity index (χ1v) is 5.20. The zero-order valence-corrected chi connectivity index (χ0v) is 8.64. The van der Waals surface area contributed by atoms with Gasteiger partial charge >= 0.3 is 0 Å². The van der Waals surface area contributed by atoms with E-state index in [1.807, 2.05) is 0 Å². The Kier molecular flexibility index (Phi) is 4.37. The molecule has 0 amide bonds. The standard InChI is InChI=1S/C12H19N/c1-3-7-11-8-5-6-9-12(11)13-10-4-2/h5-6,8-9,13H,3-4,7,10H2,1-2H3. The summed E-state index contributed by atoms with van der Waals surface area (Å²) in [6.07, 6.45) is 3.57. The van der Waals surface area contributed by atoms with Crippen LogP contribution in [-0.4, -0.2) is 6.54 Å². The van der Waals surface area contributed by atoms with Crippen molar-refractivity contribution in [3.63, 3.8) is 0 Å². The summed E-state index contributed by atoms with van der Waals surface area (Å²) in [5, 5.41) is 3.45. The third-order valence-corrected chi connectivity index (χ3v) is 2.10. The zero-order chi connectivity index (χ0) is 9.52. The Bertz CT molecular complexity index is 243. The van der Waals surface area contributed by atoms with Crippen molar-refractivity contribution >= 4 is 5.69 Å². The van der Waals surface area contributed by atoms with Gasteiger partial charge in [0.25, 0.3) is 0 Å². The first-order chi connectivity index (χ1) is 6.38. The van der Waals surface area contributed by atoms with Gasteiger partial charge in [0.15, 0.2) is 0 Å². The Hall–Kier alpha value is -0.980. The minimum absolute atomic E-state index is 1.07. The lowest BCUT2D eigenvalue weighted by atomic mass is 10.1. The van der Waals surface area contributed by atoms with Gasteiger partial charge in [-0.1, -0.05) is 38.5 Å². The number of para-hydroxylation sites is 1. The summed E-state index contributed by atoms with van der Waals surface area (Å²) in [6.45, 7) is 5.48. The molecule has 0 bridgehead atoms. The lowest BCUT2D eigenvalue weighted by Crippen LogP contribution is -2.02. The van der Waals surface area contributed by atoms with E-state index in [-0.39, 0.29) is 0 Å². The molecule has 1 rings (SSSR count). The molecule has 0 aliphatic carbocycles. The predicted octanol–water partition coefficient (Wildman–Crippen LogP) is 3.46. The van der Waals surface area contributed by atoms with Crippen LogP contribution in [0.25, 0.3) is 0 Å². The van der Waals surface area contributed by atoms with Gasteiger partial charge in [0, 0.05) is 12.2 Å². The number of benzene rings is 1. The van der Waals surface area contributed by atoms with Gasteiger partial charge in [0.1, 0.15) is 0 Å². The molecule has 0 saturated carbocycles. The molecule has 72 valence electrons. The van der Waals surface area contributed by atoms with Crippen LogP contribution in [0.15, 0.2) is 24.3 Å². The van der Waals surface area contributed by atoms with Crippen molar-refractivity contribution in [2.45, 2.75) is 33.1 Å². The summed E-state index contributed by atoms with van der Waals surface area (Å²) in [7, 11) is 0. The molecule has 0 spiro atoms. The molecule has 0 radical (unpaired) electrons. The molecule has 0 fully saturated rings. The van der Waals surface area contributed by atoms with Crippen molar-refractivity contribution < 1.29 is 0 Å². The van der Waals surface area contributed by atoms with Crippen LogP contribution >= 0.6 is 0 Å². The van der Waals surface area contributed by atoms with Gasteiger partial charge in [0.2, 0.25) is 0 Å². The van der Waals surface area contributed by atoms with Crippen molar-refractivity contribution in [3.8, 4) is 0 Å². The summed E-state index contributed by atoms with van der Waals surface area (Å²) in [6, 6.07) is 8.58. The summed E-state index contributed by atoms with van der Waals surface area (Å²) in [5.41, 5.74) is 2.75. The van der Waals surface area contributed by atoms with Gasteiger partial charge in [-0.05, 0) is 24.5 Å². The topological polar surface area (TPSA) is 12.0 Å². The van der Waals surface area contributed by atoms with E-state index in [4.69, 9.17) is 0 Å². The molecule has 1 aromatic carbocycles. The number of hydrogen-bond donors (Lipinski definition) is 1. The van der Waals surface area contributed by atoms with Crippen LogP contribution in [0.4, 0.5) is 5.69 Å². The fraction of sp³-hybridized carbons (Fsp3) is 0.500. The van der Waals surface area contributed by atoms with E-state index in [2.05, 4.69) is 43.4 Å². The minimum Gasteiger partial charge on any atom is -0.385 e. The number of aryl methyl sites for hydroxylation is 1. The summed E-state index contributed by atoms with van der Waals surface area (Å²) in [5.74, 6) is 0. The Labute approximate surface area is 81.2 Å². The minimum atomic E-state index is 1.07. The Morgan fingerprint density at radius 1 is 1.08 bits per heavy atom. The van der Waals surface area contributed by atoms with E-state index >= 15 is 0 Å². The molecule has 1 N–H and O–H groups in total. The molecule has 1 nitrogen and oxygen atoms in total. The number of hydrogen-bond acceptors (Lipinski definition) is 1. The van der Waals surface area contributed by atoms with Crippen LogP contribution in [-0.2, 0) is 6.42 Å². The van der Waals surface area contributed by atoms with Gasteiger partial charge in [-0.3, -0.25) is 0 Å². The lowest BCUT2D eigenvalue weighted by molar-refractivity contribution is 0.913. The average molecular weight is 177 g/mol. The maximum atomic E-state index is 3.45. The second-order valence-electron chi connectivity index (χ2n) is 3.33. The molecule has 1 heteroatoms. The largest absolute Gasteiger partial charge is 0.385 e. The smallest absolute Gasteiger partial charge is 0.0372 e. The summed E-state index contributed by atoms with van der Waals surface area (Å²) >= 11 is 0. The van der Waals surface area contributed by atoms with E-state index in [1.165, 1.54) is 30.5 Å². The van der Waals surface area contributed by atoms with Gasteiger partial charge in [-0.25, -0.2) is 0 Å². The van der Waals surface area contributed by atoms with E-state index < -0.39 is 0 Å². The third kappa shape index (κ3) is 3.10. The van der Waals surface area contributed by atoms with Crippen molar-refractivity contribution in [1.29, 1.82) is 0 Å². The Morgan fingerprint density at radius 3 is 2.54 bits per heavy atom. The van der Waals surface area contributed by atoms with Gasteiger partial charge in [0.05, 0.1) is 0 Å². The van der Waals surface area contributed by atoms with E-state index in [9.17, 15) is 0 Å². The monoisotopic (exact) mass is 177 g/mol. The maximum Gasteiger partial charge on any atom is 0.0372 e. The van der Waals surface area contributed by atoms with Gasteiger partial charge < -0.3 is 5.32 Å². The van der Waals surface area contributed by atoms with E-state index in [1.54, 1.807) is 0 Å². The molecule has 0 aromatic heterocycles. The van der Waals surface area contributed by atoms with Crippen LogP contribution < -0.4 is 5.32 Å². The van der Waals surface area contributed by atoms with E-state index in [0.717, 1.165) is 6.54 Å². The normalized spacial score (nSPS) is 10.0. The second-order valence-corrected chi connectivity index (χ2v) is 3.33. The first-order valence-electron chi connectivity index (χ1n) is 5.20. The number of anilines is 1. The molecule has 13 heavy (non-hydrogen) atoms. The highest BCUT2D eigenvalue weighted by Crippen LogP contribution is 2.16. The zero-order valence-electron chi connectivity index (χ0n) is 8.64. The van der Waals surface area contributed by atoms with Crippen LogP contribution in [0.2, 0.25) is 0 Å². The highest BCUT2D eigenvalue weighted by molar-refractivity contribution is 5.51. The van der Waals surface area contributed by atoms with Gasteiger partial charge in [-0.15, -0.1) is 0 Å². The number of rotatable bonds is 5. The molecule has 0 atom stereocenters. The molecule has 0 unspecified atom stereocenters. The van der Waals surface area contributed by atoms with Crippen molar-refractivity contribution in [1.82, 2.24) is 0 Å². The van der Waals surface area contributed by atoms with Crippen LogP contribution in [0.3, 0.4) is 0 Å². The van der Waals surface area contributed by atoms with Gasteiger partial charge in [-0.2, -0.15) is 0 Å². The fourth-order valence-electron chi connectivity index (χ4n) is 1.44. The van der Waals surface area contributed by atoms with Crippen LogP contribution in [0.5, 0.6) is 0 Å². The summed E-state index contributed by atoms with van der Waals surface area (Å²) < 4.78 is 0. The molecular weight excluding hydrogens is 158 g/mol. The first kappa shape index (κ1) is 10.1. The highest BCUT2D eigenvalue weighted by Gasteiger charge is 1.98. The second kappa shape index (κ2) is 5.63. The van der Waals surface area contributed by atoms with Crippen molar-refractivity contribution in [3.05, 3.63) is 29.8 Å². The molecular formula is C12H19N. The van der Waals surface area contributed by atoms with Crippen molar-refractivity contribution in [2.75, 3.05) is 11.9 Å². The predicted molar refractivity (Wildman–Crippen MR) is 59.2 cm³/mol. The fourth-order valence-corrected chi connectivity index (χ4v) is 1.44. The van der Waals surface area contributed by atoms with Crippen LogP contribution in [0.1, 0.15) is 32.3 Å². The molecule has 1 aromatic rings. The Morgan fingerprint density at radius 2 is 1.85 bits per heavy atom. The average Bonchev–Trinajstić information content (AvgIpc) is 2.17. The van der Waals surface area contributed by atoms with E-state index in [0.29, 0.717) is 0 Å². The van der Waals surface area contributed by atoms with Crippen molar-refractivity contribution in [2.24, 2.45) is 0 Å². The number of nitrogens with one attached hydrogen (secondary N) is 1. The SMILES string of the molecule is CCCNc1ccccc1CCC. The highest BCUT2D eigenvalue weighted by atomic mass is 14.9.